The molecule has 0 aliphatic rings. The molecule has 0 bridgehead atoms. The fourth-order valence-electron chi connectivity index (χ4n) is 2.98. The number of nitrogens with two attached hydrogens (primary N) is 1. The third-order valence-corrected chi connectivity index (χ3v) is 5.23. The van der Waals surface area contributed by atoms with Crippen LogP contribution in [0.15, 0.2) is 18.2 Å². The summed E-state index contributed by atoms with van der Waals surface area (Å²) in [5.74, 6) is -0.559. The van der Waals surface area contributed by atoms with E-state index < -0.39 is 30.4 Å². The summed E-state index contributed by atoms with van der Waals surface area (Å²) < 4.78 is 31.0. The van der Waals surface area contributed by atoms with Gasteiger partial charge >= 0.3 is 24.2 Å². The van der Waals surface area contributed by atoms with Crippen molar-refractivity contribution >= 4 is 24.2 Å². The number of hydrogen-bond acceptors (Lipinski definition) is 11. The number of ether oxygens (including phenoxy) is 6. The Kier molecular flexibility index (Phi) is 15.6. The van der Waals surface area contributed by atoms with Crippen LogP contribution >= 0.6 is 0 Å². The average molecular weight is 554 g/mol. The molecule has 2 N–H and O–H groups in total. The van der Waals surface area contributed by atoms with Gasteiger partial charge in [-0.1, -0.05) is 40.7 Å². The highest BCUT2D eigenvalue weighted by Crippen LogP contribution is 2.30. The Morgan fingerprint density at radius 3 is 1.92 bits per heavy atom. The first-order valence-electron chi connectivity index (χ1n) is 13.3. The van der Waals surface area contributed by atoms with Crippen molar-refractivity contribution in [2.75, 3.05) is 19.8 Å². The van der Waals surface area contributed by atoms with Crippen molar-refractivity contribution in [3.63, 3.8) is 0 Å². The molecule has 1 rings (SSSR count). The van der Waals surface area contributed by atoms with E-state index in [1.807, 2.05) is 34.6 Å². The van der Waals surface area contributed by atoms with Gasteiger partial charge in [0.05, 0.1) is 13.2 Å². The lowest BCUT2D eigenvalue weighted by Gasteiger charge is -2.17. The second-order valence-electron chi connectivity index (χ2n) is 10.0. The molecular formula is C28H43NO10. The summed E-state index contributed by atoms with van der Waals surface area (Å²) in [6.45, 7) is 11.7. The fourth-order valence-corrected chi connectivity index (χ4v) is 2.98. The van der Waals surface area contributed by atoms with Crippen LogP contribution in [0.25, 0.3) is 0 Å². The van der Waals surface area contributed by atoms with Crippen LogP contribution in [-0.2, 0) is 35.0 Å². The van der Waals surface area contributed by atoms with Gasteiger partial charge in [0, 0.05) is 6.42 Å². The molecule has 0 saturated carbocycles. The molecular weight excluding hydrogens is 510 g/mol. The molecule has 0 aromatic heterocycles. The van der Waals surface area contributed by atoms with Crippen molar-refractivity contribution in [2.24, 2.45) is 17.6 Å². The molecule has 0 radical (unpaired) electrons. The number of carbonyl (C=O) groups is 4. The molecule has 11 nitrogen and oxygen atoms in total. The fraction of sp³-hybridized carbons (Fsp3) is 0.643. The Labute approximate surface area is 230 Å². The maximum absolute atomic E-state index is 12.4. The van der Waals surface area contributed by atoms with E-state index in [2.05, 4.69) is 0 Å². The summed E-state index contributed by atoms with van der Waals surface area (Å²) in [5.41, 5.74) is 6.53. The van der Waals surface area contributed by atoms with E-state index in [1.165, 1.54) is 12.1 Å². The van der Waals surface area contributed by atoms with Gasteiger partial charge in [-0.3, -0.25) is 9.59 Å². The van der Waals surface area contributed by atoms with Gasteiger partial charge in [-0.2, -0.15) is 0 Å². The summed E-state index contributed by atoms with van der Waals surface area (Å²) in [6.07, 6.45) is -0.328. The SMILES string of the molecule is CCCC(=O)OC[C@H](C)OC(=O)[C@@H](N)Cc1ccc(OC(=O)OCCC(C)C)c(OC(=O)OCCC(C)C)c1. The van der Waals surface area contributed by atoms with Crippen molar-refractivity contribution in [2.45, 2.75) is 85.8 Å². The van der Waals surface area contributed by atoms with Crippen molar-refractivity contribution in [1.29, 1.82) is 0 Å². The van der Waals surface area contributed by atoms with E-state index in [0.29, 0.717) is 36.7 Å². The van der Waals surface area contributed by atoms with Crippen LogP contribution in [0.4, 0.5) is 9.59 Å². The van der Waals surface area contributed by atoms with Gasteiger partial charge < -0.3 is 34.2 Å². The van der Waals surface area contributed by atoms with Crippen molar-refractivity contribution in [3.8, 4) is 11.5 Å². The Morgan fingerprint density at radius 2 is 1.38 bits per heavy atom. The first-order chi connectivity index (χ1) is 18.4. The first kappa shape index (κ1) is 33.7. The van der Waals surface area contributed by atoms with Crippen LogP contribution in [0.1, 0.15) is 72.8 Å². The largest absolute Gasteiger partial charge is 0.513 e. The molecule has 11 heteroatoms. The zero-order valence-corrected chi connectivity index (χ0v) is 23.9. The number of esters is 2. The topological polar surface area (TPSA) is 150 Å². The molecule has 220 valence electrons. The minimum absolute atomic E-state index is 0.0268. The van der Waals surface area contributed by atoms with Crippen molar-refractivity contribution in [3.05, 3.63) is 23.8 Å². The molecule has 0 heterocycles. The Bertz CT molecular complexity index is 931. The summed E-state index contributed by atoms with van der Waals surface area (Å²) in [7, 11) is 0. The van der Waals surface area contributed by atoms with Gasteiger partial charge in [-0.25, -0.2) is 9.59 Å². The van der Waals surface area contributed by atoms with E-state index in [-0.39, 0.29) is 50.1 Å². The molecule has 1 aromatic carbocycles. The summed E-state index contributed by atoms with van der Waals surface area (Å²) in [4.78, 5) is 48.3. The third-order valence-electron chi connectivity index (χ3n) is 5.23. The predicted molar refractivity (Wildman–Crippen MR) is 142 cm³/mol. The van der Waals surface area contributed by atoms with Gasteiger partial charge in [-0.05, 0) is 62.1 Å². The lowest BCUT2D eigenvalue weighted by atomic mass is 10.1. The highest BCUT2D eigenvalue weighted by Gasteiger charge is 2.22. The van der Waals surface area contributed by atoms with Gasteiger partial charge in [0.25, 0.3) is 0 Å². The maximum atomic E-state index is 12.4. The van der Waals surface area contributed by atoms with Crippen molar-refractivity contribution in [1.82, 2.24) is 0 Å². The lowest BCUT2D eigenvalue weighted by Crippen LogP contribution is -2.37. The summed E-state index contributed by atoms with van der Waals surface area (Å²) >= 11 is 0. The normalized spacial score (nSPS) is 12.4. The zero-order valence-electron chi connectivity index (χ0n) is 23.9. The molecule has 0 spiro atoms. The Morgan fingerprint density at radius 1 is 0.821 bits per heavy atom. The lowest BCUT2D eigenvalue weighted by molar-refractivity contribution is -0.159. The molecule has 0 fully saturated rings. The molecule has 0 aliphatic heterocycles. The van der Waals surface area contributed by atoms with Crippen LogP contribution in [0, 0.1) is 11.8 Å². The van der Waals surface area contributed by atoms with E-state index >= 15 is 0 Å². The molecule has 39 heavy (non-hydrogen) atoms. The van der Waals surface area contributed by atoms with Gasteiger partial charge in [0.2, 0.25) is 0 Å². The summed E-state index contributed by atoms with van der Waals surface area (Å²) in [5, 5.41) is 0. The van der Waals surface area contributed by atoms with E-state index in [9.17, 15) is 19.2 Å². The van der Waals surface area contributed by atoms with Crippen LogP contribution in [-0.4, -0.2) is 56.2 Å². The number of benzene rings is 1. The number of carbonyl (C=O) groups excluding carboxylic acids is 4. The predicted octanol–water partition coefficient (Wildman–Crippen LogP) is 4.95. The van der Waals surface area contributed by atoms with Crippen LogP contribution in [0.3, 0.4) is 0 Å². The maximum Gasteiger partial charge on any atom is 0.513 e. The van der Waals surface area contributed by atoms with Crippen LogP contribution < -0.4 is 15.2 Å². The van der Waals surface area contributed by atoms with Crippen molar-refractivity contribution < 1.29 is 47.6 Å². The first-order valence-corrected chi connectivity index (χ1v) is 13.3. The highest BCUT2D eigenvalue weighted by molar-refractivity contribution is 5.76. The highest BCUT2D eigenvalue weighted by atomic mass is 16.7. The quantitative estimate of drug-likeness (QED) is 0.168. The standard InChI is InChI=1S/C28H43NO10/c1-7-8-25(30)36-17-20(6)37-26(31)22(29)15-21-9-10-23(38-27(32)34-13-11-18(2)3)24(16-21)39-28(33)35-14-12-19(4)5/h9-10,16,18-20,22H,7-8,11-15,17,29H2,1-6H3/t20-,22-/m0/s1. The van der Waals surface area contributed by atoms with Crippen LogP contribution in [0.2, 0.25) is 0 Å². The van der Waals surface area contributed by atoms with E-state index in [4.69, 9.17) is 34.2 Å². The third kappa shape index (κ3) is 15.0. The molecule has 0 amide bonds. The summed E-state index contributed by atoms with van der Waals surface area (Å²) in [6, 6.07) is 3.33. The van der Waals surface area contributed by atoms with Gasteiger partial charge in [0.1, 0.15) is 18.8 Å². The van der Waals surface area contributed by atoms with Crippen LogP contribution in [0.5, 0.6) is 11.5 Å². The molecule has 2 atom stereocenters. The second kappa shape index (κ2) is 18.0. The number of hydrogen-bond donors (Lipinski definition) is 1. The Hall–Kier alpha value is -3.34. The minimum atomic E-state index is -1.06. The smallest absolute Gasteiger partial charge is 0.462 e. The molecule has 0 unspecified atom stereocenters. The minimum Gasteiger partial charge on any atom is -0.462 e. The zero-order chi connectivity index (χ0) is 29.4. The molecule has 0 saturated heterocycles. The van der Waals surface area contributed by atoms with E-state index in [0.717, 1.165) is 0 Å². The Balaban J connectivity index is 2.87. The van der Waals surface area contributed by atoms with Gasteiger partial charge in [-0.15, -0.1) is 0 Å². The average Bonchev–Trinajstić information content (AvgIpc) is 2.84. The van der Waals surface area contributed by atoms with E-state index in [1.54, 1.807) is 13.0 Å². The second-order valence-corrected chi connectivity index (χ2v) is 10.0. The van der Waals surface area contributed by atoms with Gasteiger partial charge in [0.15, 0.2) is 11.5 Å². The monoisotopic (exact) mass is 553 g/mol. The molecule has 0 aliphatic carbocycles. The molecule has 1 aromatic rings. The number of rotatable bonds is 16.